The highest BCUT2D eigenvalue weighted by atomic mass is 32.1. The first kappa shape index (κ1) is 28.7. The zero-order chi connectivity index (χ0) is 31.9. The third-order valence-electron chi connectivity index (χ3n) is 9.21. The summed E-state index contributed by atoms with van der Waals surface area (Å²) in [5, 5.41) is 3.65. The molecule has 4 aromatic rings. The smallest absolute Gasteiger partial charge is 0.451 e. The molecule has 0 N–H and O–H groups in total. The lowest BCUT2D eigenvalue weighted by atomic mass is 9.80. The molecular weight excluding hydrogens is 623 g/mol. The molecule has 8 rings (SSSR count). The van der Waals surface area contributed by atoms with Crippen molar-refractivity contribution in [3.8, 4) is 27.3 Å². The molecule has 2 unspecified atom stereocenters. The minimum Gasteiger partial charge on any atom is -0.451 e. The van der Waals surface area contributed by atoms with E-state index in [0.717, 1.165) is 42.0 Å². The minimum atomic E-state index is -3.44. The van der Waals surface area contributed by atoms with Crippen LogP contribution in [0.15, 0.2) is 58.8 Å². The molecule has 0 bridgehead atoms. The molecule has 4 aliphatic rings. The fourth-order valence-electron chi connectivity index (χ4n) is 7.40. The number of aromatic nitrogens is 1. The Morgan fingerprint density at radius 3 is 2.72 bits per heavy atom. The van der Waals surface area contributed by atoms with E-state index in [1.807, 2.05) is 29.3 Å². The molecule has 0 saturated carbocycles. The van der Waals surface area contributed by atoms with Crippen LogP contribution in [-0.2, 0) is 21.8 Å². The van der Waals surface area contributed by atoms with E-state index in [1.165, 1.54) is 23.6 Å². The number of piperidine rings is 1. The number of halogens is 3. The number of thiophene rings is 1. The molecule has 0 spiro atoms. The van der Waals surface area contributed by atoms with Crippen molar-refractivity contribution in [1.29, 1.82) is 0 Å². The van der Waals surface area contributed by atoms with Crippen molar-refractivity contribution >= 4 is 23.4 Å². The highest BCUT2D eigenvalue weighted by Gasteiger charge is 2.50. The standard InChI is InChI=1S/C33H26F3N3O6S/c1-43-32(42)45-16-44-29-22(40)11-13-38-28(29)31(41)37-12-5-4-8-23(37)39(38)27-18-6-2-3-7-19(18)30-24-17(15-46-30)14-33(35,36)26-21(34)10-9-20(27)25(24)26/h2-3,6-7,9-11,13,15,23,27H,4-5,8,12,14,16H2,1H3. The zero-order valence-electron chi connectivity index (χ0n) is 24.4. The molecule has 1 saturated heterocycles. The molecule has 2 aliphatic heterocycles. The lowest BCUT2D eigenvalue weighted by Crippen LogP contribution is -2.63. The molecule has 0 radical (unpaired) electrons. The Hall–Kier alpha value is -4.78. The van der Waals surface area contributed by atoms with E-state index < -0.39 is 60.2 Å². The van der Waals surface area contributed by atoms with Gasteiger partial charge in [-0.25, -0.2) is 18.0 Å². The van der Waals surface area contributed by atoms with Crippen LogP contribution >= 0.6 is 11.3 Å². The van der Waals surface area contributed by atoms with Gasteiger partial charge in [-0.15, -0.1) is 11.3 Å². The molecule has 2 atom stereocenters. The third kappa shape index (κ3) is 4.03. The first-order valence-corrected chi connectivity index (χ1v) is 15.7. The van der Waals surface area contributed by atoms with E-state index in [1.54, 1.807) is 21.0 Å². The van der Waals surface area contributed by atoms with Crippen LogP contribution in [0, 0.1) is 5.82 Å². The summed E-state index contributed by atoms with van der Waals surface area (Å²) in [6, 6.07) is 10.7. The van der Waals surface area contributed by atoms with Gasteiger partial charge in [-0.3, -0.25) is 19.3 Å². The Kier molecular flexibility index (Phi) is 6.47. The number of ether oxygens (including phenoxy) is 3. The summed E-state index contributed by atoms with van der Waals surface area (Å²) in [6.07, 6.45) is 1.37. The van der Waals surface area contributed by atoms with Gasteiger partial charge in [0.2, 0.25) is 18.0 Å². The second-order valence-corrected chi connectivity index (χ2v) is 12.5. The Labute approximate surface area is 264 Å². The van der Waals surface area contributed by atoms with E-state index in [0.29, 0.717) is 29.7 Å². The maximum Gasteiger partial charge on any atom is 0.510 e. The average Bonchev–Trinajstić information content (AvgIpc) is 3.41. The van der Waals surface area contributed by atoms with Crippen molar-refractivity contribution < 1.29 is 37.0 Å². The van der Waals surface area contributed by atoms with Crippen molar-refractivity contribution in [2.45, 2.75) is 43.8 Å². The molecule has 1 amide bonds. The predicted molar refractivity (Wildman–Crippen MR) is 161 cm³/mol. The SMILES string of the molecule is COC(=O)OCOc1c2n(ccc1=O)N(C1c3ccccc3-c3scc4c3-c3c1ccc(F)c3C(F)(F)C4)C1CCCCN1C2=O. The highest BCUT2D eigenvalue weighted by molar-refractivity contribution is 7.14. The lowest BCUT2D eigenvalue weighted by Gasteiger charge is -2.52. The van der Waals surface area contributed by atoms with Crippen LogP contribution in [0.1, 0.15) is 58.0 Å². The van der Waals surface area contributed by atoms with Gasteiger partial charge in [-0.05, 0) is 53.0 Å². The molecular formula is C33H26F3N3O6S. The normalized spacial score (nSPS) is 20.1. The number of benzene rings is 2. The first-order chi connectivity index (χ1) is 22.2. The van der Waals surface area contributed by atoms with Gasteiger partial charge in [0.1, 0.15) is 12.0 Å². The second-order valence-electron chi connectivity index (χ2n) is 11.6. The number of fused-ring (bicyclic) bond motifs is 4. The quantitative estimate of drug-likeness (QED) is 0.193. The van der Waals surface area contributed by atoms with Crippen molar-refractivity contribution in [1.82, 2.24) is 9.58 Å². The fraction of sp³-hybridized carbons (Fsp3) is 0.303. The number of hydrogen-bond acceptors (Lipinski definition) is 8. The van der Waals surface area contributed by atoms with Crippen LogP contribution in [0.4, 0.5) is 18.0 Å². The molecule has 2 aromatic heterocycles. The maximum atomic E-state index is 15.8. The molecule has 2 aromatic carbocycles. The van der Waals surface area contributed by atoms with E-state index in [2.05, 4.69) is 4.74 Å². The van der Waals surface area contributed by atoms with Crippen LogP contribution in [0.25, 0.3) is 21.6 Å². The Morgan fingerprint density at radius 2 is 1.89 bits per heavy atom. The molecule has 236 valence electrons. The molecule has 9 nitrogen and oxygen atoms in total. The number of alkyl halides is 2. The Balaban J connectivity index is 1.41. The molecule has 13 heteroatoms. The molecule has 46 heavy (non-hydrogen) atoms. The summed E-state index contributed by atoms with van der Waals surface area (Å²) < 4.78 is 63.7. The Morgan fingerprint density at radius 1 is 1.07 bits per heavy atom. The van der Waals surface area contributed by atoms with E-state index >= 15 is 13.2 Å². The van der Waals surface area contributed by atoms with Gasteiger partial charge in [-0.1, -0.05) is 30.3 Å². The monoisotopic (exact) mass is 649 g/mol. The van der Waals surface area contributed by atoms with E-state index in [-0.39, 0.29) is 17.0 Å². The summed E-state index contributed by atoms with van der Waals surface area (Å²) >= 11 is 1.35. The average molecular weight is 650 g/mol. The first-order valence-electron chi connectivity index (χ1n) is 14.8. The third-order valence-corrected chi connectivity index (χ3v) is 10.3. The molecule has 4 heterocycles. The summed E-state index contributed by atoms with van der Waals surface area (Å²) in [5.41, 5.74) is 1.93. The number of rotatable bonds is 4. The Bertz CT molecular complexity index is 2010. The van der Waals surface area contributed by atoms with Crippen LogP contribution in [0.2, 0.25) is 0 Å². The van der Waals surface area contributed by atoms with Gasteiger partial charge in [0.05, 0.1) is 18.7 Å². The number of hydrogen-bond donors (Lipinski definition) is 0. The van der Waals surface area contributed by atoms with Gasteiger partial charge in [0.25, 0.3) is 11.8 Å². The minimum absolute atomic E-state index is 0.0994. The van der Waals surface area contributed by atoms with Crippen molar-refractivity contribution in [2.24, 2.45) is 0 Å². The maximum absolute atomic E-state index is 15.8. The molecule has 1 fully saturated rings. The number of methoxy groups -OCH3 is 1. The van der Waals surface area contributed by atoms with Gasteiger partial charge >= 0.3 is 6.16 Å². The number of pyridine rings is 1. The topological polar surface area (TPSA) is 90.3 Å². The molecule has 2 aliphatic carbocycles. The van der Waals surface area contributed by atoms with Crippen molar-refractivity contribution in [3.05, 3.63) is 98.0 Å². The fourth-order valence-corrected chi connectivity index (χ4v) is 8.53. The largest absolute Gasteiger partial charge is 0.510 e. The summed E-state index contributed by atoms with van der Waals surface area (Å²) in [5.74, 6) is -5.21. The zero-order valence-corrected chi connectivity index (χ0v) is 25.2. The summed E-state index contributed by atoms with van der Waals surface area (Å²) in [6.45, 7) is -0.307. The number of amides is 1. The van der Waals surface area contributed by atoms with Gasteiger partial charge in [0, 0.05) is 41.2 Å². The van der Waals surface area contributed by atoms with E-state index in [4.69, 9.17) is 9.47 Å². The van der Waals surface area contributed by atoms with E-state index in [9.17, 15) is 14.4 Å². The van der Waals surface area contributed by atoms with Crippen molar-refractivity contribution in [3.63, 3.8) is 0 Å². The summed E-state index contributed by atoms with van der Waals surface area (Å²) in [7, 11) is 1.12. The van der Waals surface area contributed by atoms with Gasteiger partial charge in [-0.2, -0.15) is 0 Å². The van der Waals surface area contributed by atoms with Crippen molar-refractivity contribution in [2.75, 3.05) is 25.5 Å². The lowest BCUT2D eigenvalue weighted by molar-refractivity contribution is -0.00827. The van der Waals surface area contributed by atoms with Crippen LogP contribution in [-0.4, -0.2) is 48.3 Å². The highest BCUT2D eigenvalue weighted by Crippen LogP contribution is 2.58. The number of nitrogens with zero attached hydrogens (tertiary/aromatic N) is 3. The van der Waals surface area contributed by atoms with Crippen LogP contribution < -0.4 is 15.2 Å². The number of carbonyl (C=O) groups is 2. The van der Waals surface area contributed by atoms with Gasteiger partial charge < -0.3 is 19.1 Å². The number of carbonyl (C=O) groups excluding carboxylic acids is 2. The summed E-state index contributed by atoms with van der Waals surface area (Å²) in [4.78, 5) is 41.3. The van der Waals surface area contributed by atoms with Crippen LogP contribution in [0.3, 0.4) is 0 Å². The van der Waals surface area contributed by atoms with Gasteiger partial charge in [0.15, 0.2) is 5.69 Å². The second kappa shape index (κ2) is 10.4. The van der Waals surface area contributed by atoms with Crippen LogP contribution in [0.5, 0.6) is 5.75 Å². The predicted octanol–water partition coefficient (Wildman–Crippen LogP) is 6.16.